The highest BCUT2D eigenvalue weighted by Gasteiger charge is 2.11. The Kier molecular flexibility index (Phi) is 4.34. The van der Waals surface area contributed by atoms with Crippen molar-refractivity contribution in [2.75, 3.05) is 6.54 Å². The second-order valence-corrected chi connectivity index (χ2v) is 5.01. The van der Waals surface area contributed by atoms with Crippen LogP contribution in [0.25, 0.3) is 0 Å². The highest BCUT2D eigenvalue weighted by molar-refractivity contribution is 5.82. The molecule has 0 amide bonds. The zero-order valence-electron chi connectivity index (χ0n) is 11.2. The lowest BCUT2D eigenvalue weighted by Gasteiger charge is -2.17. The molecule has 98 valence electrons. The molecule has 1 heterocycles. The molecule has 0 radical (unpaired) electrons. The van der Waals surface area contributed by atoms with Crippen molar-refractivity contribution in [3.05, 3.63) is 35.1 Å². The van der Waals surface area contributed by atoms with Gasteiger partial charge in [-0.1, -0.05) is 18.6 Å². The van der Waals surface area contributed by atoms with Gasteiger partial charge in [-0.25, -0.2) is 4.39 Å². The van der Waals surface area contributed by atoms with Crippen LogP contribution in [0.5, 0.6) is 0 Å². The fourth-order valence-corrected chi connectivity index (χ4v) is 2.20. The summed E-state index contributed by atoms with van der Waals surface area (Å²) in [7, 11) is 0. The molecule has 1 aliphatic rings. The second-order valence-electron chi connectivity index (χ2n) is 5.01. The summed E-state index contributed by atoms with van der Waals surface area (Å²) >= 11 is 0. The standard InChI is InChI=1S/C15H21FN2/c1-11-7-8-13(10-14(11)16)12(2)18-15-6-4-3-5-9-17-15/h7-8,10,12H,3-6,9H2,1-2H3,(H,17,18). The largest absolute Gasteiger partial charge is 0.367 e. The lowest BCUT2D eigenvalue weighted by molar-refractivity contribution is 0.608. The molecule has 1 aromatic carbocycles. The quantitative estimate of drug-likeness (QED) is 0.846. The first-order chi connectivity index (χ1) is 8.66. The first-order valence-corrected chi connectivity index (χ1v) is 6.73. The summed E-state index contributed by atoms with van der Waals surface area (Å²) in [5, 5.41) is 3.41. The van der Waals surface area contributed by atoms with Crippen molar-refractivity contribution in [1.29, 1.82) is 0 Å². The number of aliphatic imine (C=N–C) groups is 1. The molecule has 2 nitrogen and oxygen atoms in total. The van der Waals surface area contributed by atoms with E-state index >= 15 is 0 Å². The zero-order chi connectivity index (χ0) is 13.0. The maximum absolute atomic E-state index is 13.5. The molecule has 18 heavy (non-hydrogen) atoms. The Balaban J connectivity index is 2.04. The van der Waals surface area contributed by atoms with Gasteiger partial charge in [-0.2, -0.15) is 0 Å². The zero-order valence-corrected chi connectivity index (χ0v) is 11.2. The van der Waals surface area contributed by atoms with Gasteiger partial charge in [0.05, 0.1) is 5.84 Å². The first-order valence-electron chi connectivity index (χ1n) is 6.73. The Bertz CT molecular complexity index is 440. The van der Waals surface area contributed by atoms with E-state index in [0.717, 1.165) is 24.4 Å². The summed E-state index contributed by atoms with van der Waals surface area (Å²) in [5.41, 5.74) is 1.67. The molecule has 0 fully saturated rings. The molecule has 1 aliphatic heterocycles. The third-order valence-corrected chi connectivity index (χ3v) is 3.45. The van der Waals surface area contributed by atoms with Crippen LogP contribution in [-0.4, -0.2) is 12.4 Å². The molecular formula is C15H21FN2. The molecule has 1 aromatic rings. The summed E-state index contributed by atoms with van der Waals surface area (Å²) in [5.74, 6) is 0.935. The number of aryl methyl sites for hydroxylation is 1. The molecule has 1 atom stereocenters. The predicted octanol–water partition coefficient (Wildman–Crippen LogP) is 3.76. The van der Waals surface area contributed by atoms with E-state index in [2.05, 4.69) is 17.2 Å². The summed E-state index contributed by atoms with van der Waals surface area (Å²) in [6, 6.07) is 5.53. The number of hydrogen-bond donors (Lipinski definition) is 1. The number of nitrogens with zero attached hydrogens (tertiary/aromatic N) is 1. The number of nitrogens with one attached hydrogen (secondary N) is 1. The fourth-order valence-electron chi connectivity index (χ4n) is 2.20. The molecule has 1 unspecified atom stereocenters. The van der Waals surface area contributed by atoms with Crippen LogP contribution in [-0.2, 0) is 0 Å². The number of hydrogen-bond acceptors (Lipinski definition) is 2. The monoisotopic (exact) mass is 248 g/mol. The third-order valence-electron chi connectivity index (χ3n) is 3.45. The molecule has 0 aliphatic carbocycles. The topological polar surface area (TPSA) is 24.4 Å². The van der Waals surface area contributed by atoms with Crippen molar-refractivity contribution < 1.29 is 4.39 Å². The fraction of sp³-hybridized carbons (Fsp3) is 0.533. The van der Waals surface area contributed by atoms with Crippen LogP contribution < -0.4 is 5.32 Å². The minimum Gasteiger partial charge on any atom is -0.367 e. The van der Waals surface area contributed by atoms with Gasteiger partial charge in [-0.3, -0.25) is 4.99 Å². The van der Waals surface area contributed by atoms with Crippen LogP contribution in [0, 0.1) is 12.7 Å². The van der Waals surface area contributed by atoms with Gasteiger partial charge < -0.3 is 5.32 Å². The second kappa shape index (κ2) is 5.98. The van der Waals surface area contributed by atoms with Gasteiger partial charge in [0.2, 0.25) is 0 Å². The molecule has 0 saturated heterocycles. The SMILES string of the molecule is Cc1ccc(C(C)NC2=NCCCCC2)cc1F. The lowest BCUT2D eigenvalue weighted by atomic mass is 10.1. The maximum atomic E-state index is 13.5. The number of halogens is 1. The number of amidine groups is 1. The summed E-state index contributed by atoms with van der Waals surface area (Å²) < 4.78 is 13.5. The van der Waals surface area contributed by atoms with Gasteiger partial charge in [0.15, 0.2) is 0 Å². The van der Waals surface area contributed by atoms with Crippen molar-refractivity contribution in [3.63, 3.8) is 0 Å². The van der Waals surface area contributed by atoms with Crippen molar-refractivity contribution in [2.24, 2.45) is 4.99 Å². The average molecular weight is 248 g/mol. The van der Waals surface area contributed by atoms with Gasteiger partial charge in [0.25, 0.3) is 0 Å². The summed E-state index contributed by atoms with van der Waals surface area (Å²) in [6.07, 6.45) is 4.64. The van der Waals surface area contributed by atoms with Crippen molar-refractivity contribution in [2.45, 2.75) is 45.6 Å². The van der Waals surface area contributed by atoms with E-state index in [1.54, 1.807) is 13.0 Å². The number of benzene rings is 1. The van der Waals surface area contributed by atoms with E-state index < -0.39 is 0 Å². The van der Waals surface area contributed by atoms with Gasteiger partial charge >= 0.3 is 0 Å². The molecule has 1 N–H and O–H groups in total. The molecule has 3 heteroatoms. The average Bonchev–Trinajstić information content (AvgIpc) is 2.61. The Morgan fingerprint density at radius 2 is 2.11 bits per heavy atom. The van der Waals surface area contributed by atoms with Gasteiger partial charge in [-0.05, 0) is 43.9 Å². The van der Waals surface area contributed by atoms with E-state index in [4.69, 9.17) is 0 Å². The van der Waals surface area contributed by atoms with Gasteiger partial charge in [-0.15, -0.1) is 0 Å². The normalized spacial score (nSPS) is 17.8. The van der Waals surface area contributed by atoms with E-state index in [1.165, 1.54) is 19.3 Å². The summed E-state index contributed by atoms with van der Waals surface area (Å²) in [6.45, 7) is 4.75. The summed E-state index contributed by atoms with van der Waals surface area (Å²) in [4.78, 5) is 4.54. The maximum Gasteiger partial charge on any atom is 0.126 e. The van der Waals surface area contributed by atoms with Crippen LogP contribution in [0.4, 0.5) is 4.39 Å². The van der Waals surface area contributed by atoms with Gasteiger partial charge in [0.1, 0.15) is 5.82 Å². The third kappa shape index (κ3) is 3.31. The number of rotatable bonds is 2. The lowest BCUT2D eigenvalue weighted by Crippen LogP contribution is -2.26. The van der Waals surface area contributed by atoms with Crippen molar-refractivity contribution in [1.82, 2.24) is 5.32 Å². The minimum atomic E-state index is -0.135. The van der Waals surface area contributed by atoms with Crippen LogP contribution in [0.3, 0.4) is 0 Å². The van der Waals surface area contributed by atoms with E-state index in [1.807, 2.05) is 12.1 Å². The molecule has 0 spiro atoms. The highest BCUT2D eigenvalue weighted by Crippen LogP contribution is 2.17. The Labute approximate surface area is 108 Å². The minimum absolute atomic E-state index is 0.108. The molecular weight excluding hydrogens is 227 g/mol. The Hall–Kier alpha value is -1.38. The van der Waals surface area contributed by atoms with Crippen LogP contribution in [0.15, 0.2) is 23.2 Å². The molecule has 0 aromatic heterocycles. The van der Waals surface area contributed by atoms with Gasteiger partial charge in [0, 0.05) is 19.0 Å². The van der Waals surface area contributed by atoms with Crippen LogP contribution >= 0.6 is 0 Å². The van der Waals surface area contributed by atoms with E-state index in [-0.39, 0.29) is 11.9 Å². The predicted molar refractivity (Wildman–Crippen MR) is 73.5 cm³/mol. The first kappa shape index (κ1) is 13.1. The van der Waals surface area contributed by atoms with Crippen molar-refractivity contribution in [3.8, 4) is 0 Å². The van der Waals surface area contributed by atoms with Crippen LogP contribution in [0.2, 0.25) is 0 Å². The van der Waals surface area contributed by atoms with Crippen molar-refractivity contribution >= 4 is 5.84 Å². The Morgan fingerprint density at radius 3 is 2.89 bits per heavy atom. The van der Waals surface area contributed by atoms with Crippen LogP contribution in [0.1, 0.15) is 49.8 Å². The molecule has 0 bridgehead atoms. The highest BCUT2D eigenvalue weighted by atomic mass is 19.1. The van der Waals surface area contributed by atoms with E-state index in [9.17, 15) is 4.39 Å². The Morgan fingerprint density at radius 1 is 1.28 bits per heavy atom. The smallest absolute Gasteiger partial charge is 0.126 e. The molecule has 0 saturated carbocycles. The molecule has 2 rings (SSSR count). The van der Waals surface area contributed by atoms with E-state index in [0.29, 0.717) is 5.56 Å².